The fourth-order valence-electron chi connectivity index (χ4n) is 2.61. The molecule has 0 spiro atoms. The first-order valence-electron chi connectivity index (χ1n) is 6.39. The Morgan fingerprint density at radius 3 is 2.78 bits per heavy atom. The van der Waals surface area contributed by atoms with Gasteiger partial charge in [-0.15, -0.1) is 0 Å². The Kier molecular flexibility index (Phi) is 3.97. The van der Waals surface area contributed by atoms with Gasteiger partial charge in [-0.1, -0.05) is 24.4 Å². The van der Waals surface area contributed by atoms with Crippen LogP contribution in [0.1, 0.15) is 43.1 Å². The van der Waals surface area contributed by atoms with Crippen LogP contribution in [0.4, 0.5) is 0 Å². The first kappa shape index (κ1) is 13.4. The third kappa shape index (κ3) is 2.54. The van der Waals surface area contributed by atoms with Crippen molar-refractivity contribution < 1.29 is 9.90 Å². The van der Waals surface area contributed by atoms with Crippen molar-refractivity contribution in [2.24, 2.45) is 0 Å². The van der Waals surface area contributed by atoms with Crippen molar-refractivity contribution in [1.29, 1.82) is 0 Å². The molecule has 1 aliphatic carbocycles. The second-order valence-corrected chi connectivity index (χ2v) is 5.37. The largest absolute Gasteiger partial charge is 0.394 e. The van der Waals surface area contributed by atoms with E-state index >= 15 is 0 Å². The van der Waals surface area contributed by atoms with E-state index in [4.69, 9.17) is 11.6 Å². The van der Waals surface area contributed by atoms with Gasteiger partial charge in [0.05, 0.1) is 17.2 Å². The first-order chi connectivity index (χ1) is 8.60. The molecule has 0 aliphatic heterocycles. The molecule has 0 aromatic carbocycles. The summed E-state index contributed by atoms with van der Waals surface area (Å²) in [6.07, 6.45) is 5.54. The van der Waals surface area contributed by atoms with Gasteiger partial charge in [0, 0.05) is 12.7 Å². The Bertz CT molecular complexity index is 436. The van der Waals surface area contributed by atoms with Crippen LogP contribution in [0.15, 0.2) is 12.3 Å². The van der Waals surface area contributed by atoms with Crippen molar-refractivity contribution in [2.45, 2.75) is 44.7 Å². The van der Waals surface area contributed by atoms with Gasteiger partial charge in [-0.05, 0) is 25.8 Å². The van der Waals surface area contributed by atoms with E-state index in [1.54, 1.807) is 12.3 Å². The van der Waals surface area contributed by atoms with Gasteiger partial charge in [-0.3, -0.25) is 4.79 Å². The van der Waals surface area contributed by atoms with Gasteiger partial charge in [0.1, 0.15) is 5.69 Å². The lowest BCUT2D eigenvalue weighted by Gasteiger charge is -2.28. The van der Waals surface area contributed by atoms with Gasteiger partial charge in [-0.25, -0.2) is 0 Å². The van der Waals surface area contributed by atoms with Crippen LogP contribution < -0.4 is 5.32 Å². The van der Waals surface area contributed by atoms with E-state index in [-0.39, 0.29) is 12.5 Å². The number of hydrogen-bond donors (Lipinski definition) is 2. The predicted molar refractivity (Wildman–Crippen MR) is 70.9 cm³/mol. The summed E-state index contributed by atoms with van der Waals surface area (Å²) in [6, 6.07) is 1.67. The van der Waals surface area contributed by atoms with E-state index < -0.39 is 5.54 Å². The zero-order valence-corrected chi connectivity index (χ0v) is 11.3. The van der Waals surface area contributed by atoms with E-state index in [2.05, 4.69) is 5.32 Å². The van der Waals surface area contributed by atoms with Crippen LogP contribution in [-0.4, -0.2) is 27.7 Å². The highest BCUT2D eigenvalue weighted by atomic mass is 35.5. The molecule has 2 N–H and O–H groups in total. The molecule has 5 heteroatoms. The summed E-state index contributed by atoms with van der Waals surface area (Å²) in [6.45, 7) is 2.66. The number of carbonyl (C=O) groups is 1. The SMILES string of the molecule is CCn1cc(Cl)cc1C(=O)NC1(CO)CCCC1. The van der Waals surface area contributed by atoms with Crippen molar-refractivity contribution in [3.05, 3.63) is 23.0 Å². The number of halogens is 1. The minimum atomic E-state index is -0.438. The van der Waals surface area contributed by atoms with Crippen LogP contribution in [0.25, 0.3) is 0 Å². The maximum atomic E-state index is 12.3. The summed E-state index contributed by atoms with van der Waals surface area (Å²) in [4.78, 5) is 12.3. The number of aryl methyl sites for hydroxylation is 1. The average Bonchev–Trinajstić information content (AvgIpc) is 2.96. The van der Waals surface area contributed by atoms with Gasteiger partial charge >= 0.3 is 0 Å². The topological polar surface area (TPSA) is 54.3 Å². The van der Waals surface area contributed by atoms with Gasteiger partial charge in [0.25, 0.3) is 5.91 Å². The fraction of sp³-hybridized carbons (Fsp3) is 0.615. The second-order valence-electron chi connectivity index (χ2n) is 4.93. The molecule has 1 fully saturated rings. The summed E-state index contributed by atoms with van der Waals surface area (Å²) in [5, 5.41) is 13.0. The van der Waals surface area contributed by atoms with E-state index in [1.165, 1.54) is 0 Å². The fourth-order valence-corrected chi connectivity index (χ4v) is 2.83. The van der Waals surface area contributed by atoms with E-state index in [0.717, 1.165) is 25.7 Å². The quantitative estimate of drug-likeness (QED) is 0.881. The number of carbonyl (C=O) groups excluding carboxylic acids is 1. The van der Waals surface area contributed by atoms with E-state index in [0.29, 0.717) is 17.3 Å². The van der Waals surface area contributed by atoms with Crippen molar-refractivity contribution in [2.75, 3.05) is 6.61 Å². The highest BCUT2D eigenvalue weighted by molar-refractivity contribution is 6.31. The van der Waals surface area contributed by atoms with Crippen molar-refractivity contribution in [3.8, 4) is 0 Å². The van der Waals surface area contributed by atoms with Crippen molar-refractivity contribution in [1.82, 2.24) is 9.88 Å². The number of hydrogen-bond acceptors (Lipinski definition) is 2. The molecule has 1 aromatic rings. The molecule has 1 heterocycles. The molecule has 0 radical (unpaired) electrons. The second kappa shape index (κ2) is 5.33. The number of aliphatic hydroxyl groups is 1. The lowest BCUT2D eigenvalue weighted by atomic mass is 9.99. The summed E-state index contributed by atoms with van der Waals surface area (Å²) in [7, 11) is 0. The van der Waals surface area contributed by atoms with Crippen molar-refractivity contribution in [3.63, 3.8) is 0 Å². The van der Waals surface area contributed by atoms with Crippen LogP contribution in [0.3, 0.4) is 0 Å². The molecule has 100 valence electrons. The molecular weight excluding hydrogens is 252 g/mol. The normalized spacial score (nSPS) is 17.9. The van der Waals surface area contributed by atoms with Crippen LogP contribution in [0.5, 0.6) is 0 Å². The number of amides is 1. The smallest absolute Gasteiger partial charge is 0.268 e. The molecule has 2 rings (SSSR count). The number of nitrogens with zero attached hydrogens (tertiary/aromatic N) is 1. The molecule has 0 atom stereocenters. The Balaban J connectivity index is 2.16. The Labute approximate surface area is 112 Å². The minimum absolute atomic E-state index is 0.000689. The van der Waals surface area contributed by atoms with Crippen LogP contribution in [-0.2, 0) is 6.54 Å². The average molecular weight is 271 g/mol. The maximum absolute atomic E-state index is 12.3. The standard InChI is InChI=1S/C13H19ClN2O2/c1-2-16-8-10(14)7-11(16)12(18)15-13(9-17)5-3-4-6-13/h7-8,17H,2-6,9H2,1H3,(H,15,18). The number of aliphatic hydroxyl groups excluding tert-OH is 1. The number of nitrogens with one attached hydrogen (secondary N) is 1. The molecule has 18 heavy (non-hydrogen) atoms. The predicted octanol–water partition coefficient (Wildman–Crippen LogP) is 2.20. The zero-order valence-electron chi connectivity index (χ0n) is 10.6. The molecule has 1 aliphatic rings. The van der Waals surface area contributed by atoms with Crippen LogP contribution in [0, 0.1) is 0 Å². The van der Waals surface area contributed by atoms with Gasteiger partial charge < -0.3 is 15.0 Å². The Morgan fingerprint density at radius 1 is 1.56 bits per heavy atom. The monoisotopic (exact) mass is 270 g/mol. The van der Waals surface area contributed by atoms with Crippen LogP contribution in [0.2, 0.25) is 5.02 Å². The Morgan fingerprint density at radius 2 is 2.22 bits per heavy atom. The number of aromatic nitrogens is 1. The summed E-state index contributed by atoms with van der Waals surface area (Å²) in [5.41, 5.74) is 0.120. The molecule has 0 unspecified atom stereocenters. The Hall–Kier alpha value is -1.00. The van der Waals surface area contributed by atoms with E-state index in [9.17, 15) is 9.90 Å². The molecule has 1 saturated carbocycles. The van der Waals surface area contributed by atoms with Gasteiger partial charge in [-0.2, -0.15) is 0 Å². The molecule has 1 amide bonds. The third-order valence-corrected chi connectivity index (χ3v) is 3.89. The lowest BCUT2D eigenvalue weighted by molar-refractivity contribution is 0.0829. The minimum Gasteiger partial charge on any atom is -0.394 e. The molecule has 0 bridgehead atoms. The highest BCUT2D eigenvalue weighted by Crippen LogP contribution is 2.29. The first-order valence-corrected chi connectivity index (χ1v) is 6.77. The molecular formula is C13H19ClN2O2. The van der Waals surface area contributed by atoms with E-state index in [1.807, 2.05) is 11.5 Å². The molecule has 1 aromatic heterocycles. The van der Waals surface area contributed by atoms with Crippen molar-refractivity contribution >= 4 is 17.5 Å². The van der Waals surface area contributed by atoms with Gasteiger partial charge in [0.15, 0.2) is 0 Å². The summed E-state index contributed by atoms with van der Waals surface area (Å²) in [5.74, 6) is -0.153. The molecule has 4 nitrogen and oxygen atoms in total. The summed E-state index contributed by atoms with van der Waals surface area (Å²) >= 11 is 5.92. The lowest BCUT2D eigenvalue weighted by Crippen LogP contribution is -2.49. The maximum Gasteiger partial charge on any atom is 0.268 e. The summed E-state index contributed by atoms with van der Waals surface area (Å²) < 4.78 is 1.82. The highest BCUT2D eigenvalue weighted by Gasteiger charge is 2.35. The zero-order chi connectivity index (χ0) is 13.2. The third-order valence-electron chi connectivity index (χ3n) is 3.68. The van der Waals surface area contributed by atoms with Crippen LogP contribution >= 0.6 is 11.6 Å². The molecule has 0 saturated heterocycles. The number of rotatable bonds is 4. The van der Waals surface area contributed by atoms with Gasteiger partial charge in [0.2, 0.25) is 0 Å².